The molecule has 0 N–H and O–H groups in total. The third-order valence-electron chi connectivity index (χ3n) is 4.14. The quantitative estimate of drug-likeness (QED) is 0.513. The van der Waals surface area contributed by atoms with Crippen LogP contribution < -0.4 is 0 Å². The summed E-state index contributed by atoms with van der Waals surface area (Å²) in [4.78, 5) is 0. The van der Waals surface area contributed by atoms with Crippen LogP contribution in [0.1, 0.15) is 51.7 Å². The van der Waals surface area contributed by atoms with E-state index >= 15 is 0 Å². The standard InChI is InChI=1S/C19H27Cl/c1-7-14(4)17(8-2)15(5)12-16(6)18-10-9-13(3)11-19(18)20/h8-11,14-15H,6-7,12H2,1-5H3/b17-8-/t14-,15+/m1/s1. The molecule has 0 heterocycles. The summed E-state index contributed by atoms with van der Waals surface area (Å²) < 4.78 is 0. The maximum atomic E-state index is 6.34. The second kappa shape index (κ2) is 7.69. The number of hydrogen-bond acceptors (Lipinski definition) is 0. The molecule has 1 aromatic carbocycles. The van der Waals surface area contributed by atoms with Crippen LogP contribution in [-0.4, -0.2) is 0 Å². The summed E-state index contributed by atoms with van der Waals surface area (Å²) in [7, 11) is 0. The number of rotatable bonds is 6. The molecule has 0 amide bonds. The highest BCUT2D eigenvalue weighted by atomic mass is 35.5. The molecular formula is C19H27Cl. The Bertz CT molecular complexity index is 496. The van der Waals surface area contributed by atoms with Crippen LogP contribution in [-0.2, 0) is 0 Å². The summed E-state index contributed by atoms with van der Waals surface area (Å²) >= 11 is 6.34. The van der Waals surface area contributed by atoms with E-state index in [1.807, 2.05) is 6.07 Å². The number of benzene rings is 1. The first-order chi connectivity index (χ1) is 9.40. The van der Waals surface area contributed by atoms with Gasteiger partial charge in [-0.25, -0.2) is 0 Å². The molecule has 20 heavy (non-hydrogen) atoms. The summed E-state index contributed by atoms with van der Waals surface area (Å²) in [5.41, 5.74) is 4.93. The van der Waals surface area contributed by atoms with Crippen molar-refractivity contribution in [2.75, 3.05) is 0 Å². The molecule has 0 aliphatic carbocycles. The van der Waals surface area contributed by atoms with Crippen LogP contribution >= 0.6 is 11.6 Å². The van der Waals surface area contributed by atoms with Gasteiger partial charge in [-0.15, -0.1) is 0 Å². The molecule has 1 heteroatoms. The third kappa shape index (κ3) is 4.24. The monoisotopic (exact) mass is 290 g/mol. The molecule has 0 aliphatic rings. The van der Waals surface area contributed by atoms with Gasteiger partial charge in [-0.2, -0.15) is 0 Å². The zero-order valence-electron chi connectivity index (χ0n) is 13.5. The molecule has 0 unspecified atom stereocenters. The summed E-state index contributed by atoms with van der Waals surface area (Å²) in [5.74, 6) is 1.15. The van der Waals surface area contributed by atoms with Gasteiger partial charge in [0.15, 0.2) is 0 Å². The fraction of sp³-hybridized carbons (Fsp3) is 0.474. The lowest BCUT2D eigenvalue weighted by molar-refractivity contribution is 0.547. The Labute approximate surface area is 129 Å². The number of allylic oxidation sites excluding steroid dienone is 3. The number of hydrogen-bond donors (Lipinski definition) is 0. The van der Waals surface area contributed by atoms with Crippen molar-refractivity contribution in [1.82, 2.24) is 0 Å². The van der Waals surface area contributed by atoms with Gasteiger partial charge < -0.3 is 0 Å². The van der Waals surface area contributed by atoms with Gasteiger partial charge >= 0.3 is 0 Å². The molecule has 0 fully saturated rings. The van der Waals surface area contributed by atoms with Crippen LogP contribution in [0.2, 0.25) is 5.02 Å². The van der Waals surface area contributed by atoms with E-state index in [0.717, 1.165) is 22.6 Å². The van der Waals surface area contributed by atoms with Crippen LogP contribution in [0, 0.1) is 18.8 Å². The van der Waals surface area contributed by atoms with Crippen molar-refractivity contribution in [3.8, 4) is 0 Å². The molecular weight excluding hydrogens is 264 g/mol. The molecule has 2 atom stereocenters. The summed E-state index contributed by atoms with van der Waals surface area (Å²) in [6, 6.07) is 6.20. The Kier molecular flexibility index (Phi) is 6.55. The van der Waals surface area contributed by atoms with Crippen LogP contribution in [0.5, 0.6) is 0 Å². The van der Waals surface area contributed by atoms with Crippen molar-refractivity contribution in [2.24, 2.45) is 11.8 Å². The SMILES string of the molecule is C=C(C[C@H](C)/C(=C\C)[C@H](C)CC)c1ccc(C)cc1Cl. The van der Waals surface area contributed by atoms with E-state index in [-0.39, 0.29) is 0 Å². The Morgan fingerprint density at radius 1 is 1.30 bits per heavy atom. The van der Waals surface area contributed by atoms with Gasteiger partial charge in [0.2, 0.25) is 0 Å². The van der Waals surface area contributed by atoms with E-state index < -0.39 is 0 Å². The van der Waals surface area contributed by atoms with Gasteiger partial charge in [0.05, 0.1) is 0 Å². The minimum atomic E-state index is 0.514. The van der Waals surface area contributed by atoms with Gasteiger partial charge in [-0.3, -0.25) is 0 Å². The maximum Gasteiger partial charge on any atom is 0.0483 e. The van der Waals surface area contributed by atoms with E-state index in [1.54, 1.807) is 0 Å². The highest BCUT2D eigenvalue weighted by Gasteiger charge is 2.16. The zero-order valence-corrected chi connectivity index (χ0v) is 14.2. The zero-order chi connectivity index (χ0) is 15.3. The summed E-state index contributed by atoms with van der Waals surface area (Å²) in [6.45, 7) is 15.3. The predicted octanol–water partition coefficient (Wildman–Crippen LogP) is 6.68. The molecule has 0 bridgehead atoms. The fourth-order valence-corrected chi connectivity index (χ4v) is 3.16. The van der Waals surface area contributed by atoms with Crippen molar-refractivity contribution in [1.29, 1.82) is 0 Å². The van der Waals surface area contributed by atoms with Crippen molar-refractivity contribution in [2.45, 2.75) is 47.5 Å². The average Bonchev–Trinajstić information content (AvgIpc) is 2.38. The molecule has 0 radical (unpaired) electrons. The Morgan fingerprint density at radius 3 is 2.45 bits per heavy atom. The molecule has 1 aromatic rings. The first-order valence-electron chi connectivity index (χ1n) is 7.51. The summed E-state index contributed by atoms with van der Waals surface area (Å²) in [6.07, 6.45) is 4.41. The Morgan fingerprint density at radius 2 is 1.95 bits per heavy atom. The Hall–Kier alpha value is -1.01. The van der Waals surface area contributed by atoms with Crippen molar-refractivity contribution in [3.05, 3.63) is 52.6 Å². The maximum absolute atomic E-state index is 6.34. The van der Waals surface area contributed by atoms with Gasteiger partial charge in [-0.05, 0) is 61.3 Å². The van der Waals surface area contributed by atoms with Crippen molar-refractivity contribution >= 4 is 17.2 Å². The molecule has 0 nitrogen and oxygen atoms in total. The second-order valence-electron chi connectivity index (χ2n) is 5.79. The van der Waals surface area contributed by atoms with E-state index in [1.165, 1.54) is 17.6 Å². The fourth-order valence-electron chi connectivity index (χ4n) is 2.79. The van der Waals surface area contributed by atoms with Gasteiger partial charge in [-0.1, -0.05) is 62.7 Å². The predicted molar refractivity (Wildman–Crippen MR) is 92.2 cm³/mol. The van der Waals surface area contributed by atoms with Crippen LogP contribution in [0.3, 0.4) is 0 Å². The first-order valence-corrected chi connectivity index (χ1v) is 7.88. The molecule has 0 saturated carbocycles. The molecule has 110 valence electrons. The van der Waals surface area contributed by atoms with Gasteiger partial charge in [0.1, 0.15) is 0 Å². The lowest BCUT2D eigenvalue weighted by Gasteiger charge is -2.22. The smallest absolute Gasteiger partial charge is 0.0483 e. The Balaban J connectivity index is 2.84. The van der Waals surface area contributed by atoms with Gasteiger partial charge in [0.25, 0.3) is 0 Å². The van der Waals surface area contributed by atoms with Crippen LogP contribution in [0.4, 0.5) is 0 Å². The van der Waals surface area contributed by atoms with Crippen molar-refractivity contribution < 1.29 is 0 Å². The van der Waals surface area contributed by atoms with Gasteiger partial charge in [0, 0.05) is 5.02 Å². The minimum Gasteiger partial charge on any atom is -0.0952 e. The first kappa shape index (κ1) is 17.0. The minimum absolute atomic E-state index is 0.514. The van der Waals surface area contributed by atoms with Crippen molar-refractivity contribution in [3.63, 3.8) is 0 Å². The topological polar surface area (TPSA) is 0 Å². The van der Waals surface area contributed by atoms with E-state index in [4.69, 9.17) is 11.6 Å². The lowest BCUT2D eigenvalue weighted by atomic mass is 9.83. The normalized spacial score (nSPS) is 15.0. The molecule has 0 spiro atoms. The van der Waals surface area contributed by atoms with Crippen LogP contribution in [0.15, 0.2) is 36.4 Å². The van der Waals surface area contributed by atoms with E-state index in [9.17, 15) is 0 Å². The third-order valence-corrected chi connectivity index (χ3v) is 4.45. The van der Waals surface area contributed by atoms with E-state index in [0.29, 0.717) is 11.8 Å². The molecule has 0 aromatic heterocycles. The van der Waals surface area contributed by atoms with E-state index in [2.05, 4.69) is 59.4 Å². The van der Waals surface area contributed by atoms with Crippen LogP contribution in [0.25, 0.3) is 5.57 Å². The highest BCUT2D eigenvalue weighted by molar-refractivity contribution is 6.32. The highest BCUT2D eigenvalue weighted by Crippen LogP contribution is 2.33. The molecule has 0 saturated heterocycles. The average molecular weight is 291 g/mol. The second-order valence-corrected chi connectivity index (χ2v) is 6.20. The molecule has 1 rings (SSSR count). The lowest BCUT2D eigenvalue weighted by Crippen LogP contribution is -2.08. The largest absolute Gasteiger partial charge is 0.0952 e. The number of aryl methyl sites for hydroxylation is 1. The summed E-state index contributed by atoms with van der Waals surface area (Å²) in [5, 5.41) is 0.813. The molecule has 0 aliphatic heterocycles. The number of halogens is 1.